The summed E-state index contributed by atoms with van der Waals surface area (Å²) >= 11 is 11.9. The lowest BCUT2D eigenvalue weighted by atomic mass is 9.91. The Hall–Kier alpha value is -7.49. The molecular formula is C48H40Cl2F5N11O10. The second kappa shape index (κ2) is 20.6. The van der Waals surface area contributed by atoms with E-state index < -0.39 is 114 Å². The lowest BCUT2D eigenvalue weighted by Gasteiger charge is -2.44. The van der Waals surface area contributed by atoms with Crippen LogP contribution in [0.3, 0.4) is 0 Å². The smallest absolute Gasteiger partial charge is 0.418 e. The van der Waals surface area contributed by atoms with E-state index in [1.165, 1.54) is 41.2 Å². The van der Waals surface area contributed by atoms with Gasteiger partial charge in [0.05, 0.1) is 43.3 Å². The minimum atomic E-state index is -4.92. The average Bonchev–Trinajstić information content (AvgIpc) is 4.18. The Morgan fingerprint density at radius 1 is 1.01 bits per heavy atom. The van der Waals surface area contributed by atoms with E-state index in [0.29, 0.717) is 16.8 Å². The number of carbonyl (C=O) groups is 5. The maximum atomic E-state index is 14.6. The van der Waals surface area contributed by atoms with Crippen LogP contribution in [-0.2, 0) is 36.6 Å². The number of rotatable bonds is 13. The van der Waals surface area contributed by atoms with E-state index in [9.17, 15) is 56.1 Å². The van der Waals surface area contributed by atoms with Gasteiger partial charge in [-0.05, 0) is 79.6 Å². The van der Waals surface area contributed by atoms with E-state index in [4.69, 9.17) is 37.4 Å². The summed E-state index contributed by atoms with van der Waals surface area (Å²) in [5, 5.41) is 38.6. The third-order valence-corrected chi connectivity index (χ3v) is 13.7. The normalized spacial score (nSPS) is 21.8. The van der Waals surface area contributed by atoms with Crippen molar-refractivity contribution in [3.63, 3.8) is 0 Å². The highest BCUT2D eigenvalue weighted by molar-refractivity contribution is 6.31. The number of hydrogen-bond acceptors (Lipinski definition) is 15. The van der Waals surface area contributed by atoms with Crippen LogP contribution >= 0.6 is 23.2 Å². The number of imide groups is 1. The molecule has 6 aromatic rings. The molecule has 3 aromatic carbocycles. The third kappa shape index (κ3) is 10.2. The molecular weight excluding hydrogens is 1060 g/mol. The number of nitrogens with zero attached hydrogens (tertiary/aromatic N) is 9. The highest BCUT2D eigenvalue weighted by atomic mass is 35.5. The van der Waals surface area contributed by atoms with Gasteiger partial charge >= 0.3 is 6.18 Å². The highest BCUT2D eigenvalue weighted by Gasteiger charge is 2.51. The molecule has 0 spiro atoms. The maximum absolute atomic E-state index is 14.6. The van der Waals surface area contributed by atoms with Crippen LogP contribution in [0.15, 0.2) is 73.1 Å². The molecule has 1 unspecified atom stereocenters. The van der Waals surface area contributed by atoms with Crippen LogP contribution in [0.4, 0.5) is 27.6 Å². The first-order valence-electron chi connectivity index (χ1n) is 23.2. The number of likely N-dealkylation sites (tertiary alicyclic amines) is 1. The van der Waals surface area contributed by atoms with Gasteiger partial charge in [-0.3, -0.25) is 29.3 Å². The molecule has 10 rings (SSSR count). The predicted molar refractivity (Wildman–Crippen MR) is 252 cm³/mol. The molecule has 0 aliphatic carbocycles. The van der Waals surface area contributed by atoms with Gasteiger partial charge < -0.3 is 39.5 Å². The molecule has 21 nitrogen and oxygen atoms in total. The van der Waals surface area contributed by atoms with Crippen molar-refractivity contribution in [1.29, 1.82) is 0 Å². The van der Waals surface area contributed by atoms with Gasteiger partial charge in [-0.2, -0.15) is 18.3 Å². The van der Waals surface area contributed by atoms with Crippen LogP contribution in [0, 0.1) is 18.6 Å². The summed E-state index contributed by atoms with van der Waals surface area (Å²) in [6.45, 7) is -0.0154. The van der Waals surface area contributed by atoms with Crippen molar-refractivity contribution in [1.82, 2.24) is 49.9 Å². The van der Waals surface area contributed by atoms with Gasteiger partial charge in [0.25, 0.3) is 11.8 Å². The zero-order valence-electron chi connectivity index (χ0n) is 39.3. The van der Waals surface area contributed by atoms with Gasteiger partial charge in [-0.15, -0.1) is 5.10 Å². The van der Waals surface area contributed by atoms with E-state index >= 15 is 0 Å². The summed E-state index contributed by atoms with van der Waals surface area (Å²) in [7, 11) is 0. The topological polar surface area (TPSA) is 258 Å². The second-order valence-electron chi connectivity index (χ2n) is 18.1. The number of hydrogen-bond donors (Lipinski definition) is 4. The van der Waals surface area contributed by atoms with Crippen molar-refractivity contribution in [2.75, 3.05) is 31.6 Å². The van der Waals surface area contributed by atoms with Gasteiger partial charge in [-0.1, -0.05) is 28.4 Å². The van der Waals surface area contributed by atoms with Gasteiger partial charge in [0.2, 0.25) is 17.7 Å². The molecule has 76 heavy (non-hydrogen) atoms. The number of ether oxygens (including phenoxy) is 3. The van der Waals surface area contributed by atoms with Crippen LogP contribution in [0.5, 0.6) is 5.75 Å². The Bertz CT molecular complexity index is 3280. The van der Waals surface area contributed by atoms with E-state index in [2.05, 4.69) is 36.0 Å². The molecule has 4 N–H and O–H groups in total. The zero-order valence-corrected chi connectivity index (χ0v) is 40.8. The number of nitrogens with one attached hydrogen (secondary N) is 2. The third-order valence-electron chi connectivity index (χ3n) is 13.1. The standard InChI is InChI=1S/C48H40Cl2F5N11O10/c1-21-57-44(66(61-21)35-13-24(49)2-6-29(35)48(53,54)55)43-42(40(41(70)36(19-67)76-43)65-18-33(60-62-65)22-11-30(51)39(50)31(52)12-22)74-20-38(69)63-16-27(17-63)75-26-4-7-32(56-14-26)45(71)58-25-3-5-28-23(10-25)15-64(47(28)73)34-8-9-37(68)59-46(34)72/h2-7,10-14,18,27,34,36,40-43,67,70H,8-9,15-17,19-20H2,1H3,(H,58,71)(H,59,68,72)/t34?,36-,40+,41+,42-,43-/m1/s1. The fourth-order valence-electron chi connectivity index (χ4n) is 9.36. The molecule has 28 heteroatoms. The SMILES string of the molecule is Cc1nc([C@@H]2O[C@H](CO)[C@H](O)[C@H](n3cc(-c4cc(F)c(Cl)c(F)c4)nn3)[C@H]2OCC(=O)N2CC(Oc3ccc(C(=O)Nc4ccc5c(c4)CN(C4CCC(=O)NC4=O)C5=O)nc3)C2)n(-c2cc(Cl)ccc2C(F)(F)F)n1. The number of anilines is 1. The van der Waals surface area contributed by atoms with Crippen molar-refractivity contribution in [3.8, 4) is 22.7 Å². The lowest BCUT2D eigenvalue weighted by molar-refractivity contribution is -0.225. The Labute approximate surface area is 435 Å². The molecule has 0 bridgehead atoms. The molecule has 7 heterocycles. The molecule has 5 amide bonds. The summed E-state index contributed by atoms with van der Waals surface area (Å²) in [6.07, 6.45) is -9.12. The molecule has 3 fully saturated rings. The number of alkyl halides is 3. The van der Waals surface area contributed by atoms with Gasteiger partial charge in [0.1, 0.15) is 88.8 Å². The number of aromatic nitrogens is 7. The van der Waals surface area contributed by atoms with Crippen LogP contribution in [0.1, 0.15) is 68.6 Å². The van der Waals surface area contributed by atoms with E-state index in [1.54, 1.807) is 18.2 Å². The lowest BCUT2D eigenvalue weighted by Crippen LogP contribution is -2.58. The summed E-state index contributed by atoms with van der Waals surface area (Å²) in [5.74, 6) is -4.83. The van der Waals surface area contributed by atoms with Gasteiger partial charge in [-0.25, -0.2) is 28.1 Å². The summed E-state index contributed by atoms with van der Waals surface area (Å²) in [4.78, 5) is 75.5. The highest BCUT2D eigenvalue weighted by Crippen LogP contribution is 2.43. The fourth-order valence-corrected chi connectivity index (χ4v) is 9.64. The fraction of sp³-hybridized carbons (Fsp3) is 0.333. The quantitative estimate of drug-likeness (QED) is 0.0703. The van der Waals surface area contributed by atoms with Gasteiger partial charge in [0, 0.05) is 34.8 Å². The first kappa shape index (κ1) is 52.0. The van der Waals surface area contributed by atoms with Crippen molar-refractivity contribution >= 4 is 58.4 Å². The monoisotopic (exact) mass is 1100 g/mol. The summed E-state index contributed by atoms with van der Waals surface area (Å²) in [6, 6.07) is 9.90. The number of amides is 5. The zero-order chi connectivity index (χ0) is 53.9. The number of fused-ring (bicyclic) bond motifs is 1. The van der Waals surface area contributed by atoms with Crippen LogP contribution in [-0.4, -0.2) is 141 Å². The maximum Gasteiger partial charge on any atom is 0.418 e. The number of pyridine rings is 1. The number of piperidine rings is 1. The Morgan fingerprint density at radius 3 is 2.47 bits per heavy atom. The van der Waals surface area contributed by atoms with E-state index in [-0.39, 0.29) is 77.8 Å². The minimum absolute atomic E-state index is 0.0204. The Morgan fingerprint density at radius 2 is 1.78 bits per heavy atom. The molecule has 4 aliphatic heterocycles. The first-order chi connectivity index (χ1) is 36.2. The van der Waals surface area contributed by atoms with Crippen molar-refractivity contribution < 1.29 is 70.3 Å². The van der Waals surface area contributed by atoms with Crippen molar-refractivity contribution in [2.45, 2.75) is 75.1 Å². The number of aliphatic hydroxyl groups excluding tert-OH is 2. The summed E-state index contributed by atoms with van der Waals surface area (Å²) < 4.78 is 92.8. The molecule has 6 atom stereocenters. The number of carbonyl (C=O) groups excluding carboxylic acids is 5. The molecule has 4 aliphatic rings. The summed E-state index contributed by atoms with van der Waals surface area (Å²) in [5.41, 5.74) is -0.621. The van der Waals surface area contributed by atoms with Gasteiger partial charge in [0.15, 0.2) is 5.82 Å². The van der Waals surface area contributed by atoms with Crippen LogP contribution < -0.4 is 15.4 Å². The second-order valence-corrected chi connectivity index (χ2v) is 18.9. The van der Waals surface area contributed by atoms with Crippen LogP contribution in [0.2, 0.25) is 10.0 Å². The van der Waals surface area contributed by atoms with Crippen molar-refractivity contribution in [3.05, 3.63) is 129 Å². The molecule has 3 aromatic heterocycles. The first-order valence-corrected chi connectivity index (χ1v) is 23.9. The van der Waals surface area contributed by atoms with E-state index in [0.717, 1.165) is 39.7 Å². The largest absolute Gasteiger partial charge is 0.485 e. The molecule has 0 saturated carbocycles. The Kier molecular flexibility index (Phi) is 14.1. The molecule has 396 valence electrons. The number of aliphatic hydroxyl groups is 2. The average molecular weight is 1100 g/mol. The predicted octanol–water partition coefficient (Wildman–Crippen LogP) is 4.56. The van der Waals surface area contributed by atoms with Crippen LogP contribution in [0.25, 0.3) is 16.9 Å². The molecule has 3 saturated heterocycles. The number of halogens is 7. The Balaban J connectivity index is 0.829. The minimum Gasteiger partial charge on any atom is -0.485 e. The molecule has 0 radical (unpaired) electrons. The van der Waals surface area contributed by atoms with E-state index in [1.807, 2.05) is 0 Å². The number of benzene rings is 3. The number of aryl methyl sites for hydroxylation is 1. The van der Waals surface area contributed by atoms with Crippen molar-refractivity contribution in [2.24, 2.45) is 0 Å².